The number of hydrogen-bond donors (Lipinski definition) is 0. The molecule has 0 heterocycles. The van der Waals surface area contributed by atoms with Crippen molar-refractivity contribution in [2.45, 2.75) is 59.3 Å². The fourth-order valence-electron chi connectivity index (χ4n) is 3.40. The molecule has 2 heteroatoms. The monoisotopic (exact) mass is 226 g/mol. The summed E-state index contributed by atoms with van der Waals surface area (Å²) in [7, 11) is 0. The number of allylic oxidation sites excluding steroid dienone is 4. The van der Waals surface area contributed by atoms with Crippen molar-refractivity contribution in [2.24, 2.45) is 5.41 Å². The molecule has 0 bridgehead atoms. The predicted octanol–water partition coefficient (Wildman–Crippen LogP) is 4.87. The number of rotatable bonds is 1. The van der Waals surface area contributed by atoms with Crippen molar-refractivity contribution in [1.82, 2.24) is 0 Å². The van der Waals surface area contributed by atoms with Crippen LogP contribution in [0.15, 0.2) is 22.3 Å². The van der Waals surface area contributed by atoms with E-state index in [0.717, 1.165) is 37.3 Å². The van der Waals surface area contributed by atoms with Gasteiger partial charge in [-0.15, -0.1) is 0 Å². The molecule has 0 spiro atoms. The van der Waals surface area contributed by atoms with Crippen LogP contribution in [-0.2, 0) is 0 Å². The van der Waals surface area contributed by atoms with Crippen molar-refractivity contribution >= 4 is 0 Å². The van der Waals surface area contributed by atoms with Crippen molar-refractivity contribution in [3.05, 3.63) is 22.3 Å². The third-order valence-corrected chi connectivity index (χ3v) is 4.45. The molecule has 0 aliphatic heterocycles. The molecule has 0 nitrogen and oxygen atoms in total. The van der Waals surface area contributed by atoms with E-state index in [-0.39, 0.29) is 5.41 Å². The molecule has 1 unspecified atom stereocenters. The van der Waals surface area contributed by atoms with E-state index in [4.69, 9.17) is 0 Å². The third kappa shape index (κ3) is 1.63. The van der Waals surface area contributed by atoms with Gasteiger partial charge < -0.3 is 0 Å². The van der Waals surface area contributed by atoms with Crippen LogP contribution in [0.25, 0.3) is 0 Å². The van der Waals surface area contributed by atoms with E-state index >= 15 is 0 Å². The van der Waals surface area contributed by atoms with Crippen LogP contribution in [0.1, 0.15) is 53.4 Å². The first-order chi connectivity index (χ1) is 7.26. The molecule has 0 aromatic carbocycles. The topological polar surface area (TPSA) is 0 Å². The molecule has 0 aromatic rings. The van der Waals surface area contributed by atoms with Gasteiger partial charge in [0, 0.05) is 12.5 Å². The average molecular weight is 226 g/mol. The van der Waals surface area contributed by atoms with Gasteiger partial charge >= 0.3 is 0 Å². The summed E-state index contributed by atoms with van der Waals surface area (Å²) in [6, 6.07) is 0. The van der Waals surface area contributed by atoms with Crippen molar-refractivity contribution < 1.29 is 8.78 Å². The zero-order chi connectivity index (χ0) is 12.1. The summed E-state index contributed by atoms with van der Waals surface area (Å²) in [5, 5.41) is 0. The van der Waals surface area contributed by atoms with Gasteiger partial charge in [0.25, 0.3) is 5.92 Å². The molecule has 0 aromatic heterocycles. The first-order valence-corrected chi connectivity index (χ1v) is 6.04. The summed E-state index contributed by atoms with van der Waals surface area (Å²) >= 11 is 0. The molecule has 0 N–H and O–H groups in total. The van der Waals surface area contributed by atoms with E-state index in [1.807, 2.05) is 13.8 Å². The Morgan fingerprint density at radius 3 is 2.38 bits per heavy atom. The molecule has 90 valence electrons. The van der Waals surface area contributed by atoms with Crippen LogP contribution in [0.4, 0.5) is 8.78 Å². The molecule has 1 saturated carbocycles. The van der Waals surface area contributed by atoms with E-state index in [2.05, 4.69) is 6.92 Å². The maximum Gasteiger partial charge on any atom is 0.267 e. The van der Waals surface area contributed by atoms with Gasteiger partial charge in [0.2, 0.25) is 0 Å². The van der Waals surface area contributed by atoms with Gasteiger partial charge in [-0.2, -0.15) is 0 Å². The lowest BCUT2D eigenvalue weighted by atomic mass is 9.70. The standard InChI is InChI=1S/C14H20F2/c1-9-10(2)12(14(4,15)16)8-13(3)7-5-6-11(9)13/h5-8H2,1-4H3. The highest BCUT2D eigenvalue weighted by atomic mass is 19.3. The SMILES string of the molecule is CC1=C(C(C)(F)F)CC2(C)CCCC2=C1C. The second kappa shape index (κ2) is 3.41. The molecule has 1 atom stereocenters. The van der Waals surface area contributed by atoms with Gasteiger partial charge in [-0.05, 0) is 56.1 Å². The highest BCUT2D eigenvalue weighted by Gasteiger charge is 2.44. The highest BCUT2D eigenvalue weighted by Crippen LogP contribution is 2.54. The predicted molar refractivity (Wildman–Crippen MR) is 62.6 cm³/mol. The summed E-state index contributed by atoms with van der Waals surface area (Å²) in [4.78, 5) is 0. The largest absolute Gasteiger partial charge is 0.267 e. The Morgan fingerprint density at radius 1 is 1.19 bits per heavy atom. The number of hydrogen-bond acceptors (Lipinski definition) is 0. The lowest BCUT2D eigenvalue weighted by molar-refractivity contribution is 0.0524. The normalized spacial score (nSPS) is 31.1. The molecule has 2 aliphatic rings. The minimum atomic E-state index is -2.66. The molecule has 2 aliphatic carbocycles. The first kappa shape index (κ1) is 11.8. The van der Waals surface area contributed by atoms with E-state index < -0.39 is 5.92 Å². The van der Waals surface area contributed by atoms with Crippen LogP contribution in [0.2, 0.25) is 0 Å². The zero-order valence-corrected chi connectivity index (χ0v) is 10.6. The lowest BCUT2D eigenvalue weighted by Crippen LogP contribution is -2.28. The number of halogens is 2. The Kier molecular flexibility index (Phi) is 2.52. The van der Waals surface area contributed by atoms with Crippen molar-refractivity contribution in [2.75, 3.05) is 0 Å². The van der Waals surface area contributed by atoms with Gasteiger partial charge in [0.15, 0.2) is 0 Å². The van der Waals surface area contributed by atoms with Crippen molar-refractivity contribution in [3.63, 3.8) is 0 Å². The molecule has 2 rings (SSSR count). The quantitative estimate of drug-likeness (QED) is 0.598. The smallest absolute Gasteiger partial charge is 0.202 e. The third-order valence-electron chi connectivity index (χ3n) is 4.45. The van der Waals surface area contributed by atoms with Crippen LogP contribution in [0.5, 0.6) is 0 Å². The van der Waals surface area contributed by atoms with Crippen LogP contribution < -0.4 is 0 Å². The Balaban J connectivity index is 2.52. The van der Waals surface area contributed by atoms with E-state index in [9.17, 15) is 8.78 Å². The summed E-state index contributed by atoms with van der Waals surface area (Å²) in [5.41, 5.74) is 3.76. The lowest BCUT2D eigenvalue weighted by Gasteiger charge is -2.36. The highest BCUT2D eigenvalue weighted by molar-refractivity contribution is 5.46. The summed E-state index contributed by atoms with van der Waals surface area (Å²) in [5.74, 6) is -2.66. The van der Waals surface area contributed by atoms with Crippen LogP contribution in [0.3, 0.4) is 0 Å². The van der Waals surface area contributed by atoms with Crippen LogP contribution >= 0.6 is 0 Å². The molecule has 0 saturated heterocycles. The molecule has 0 radical (unpaired) electrons. The van der Waals surface area contributed by atoms with Crippen LogP contribution in [-0.4, -0.2) is 5.92 Å². The first-order valence-electron chi connectivity index (χ1n) is 6.04. The summed E-state index contributed by atoms with van der Waals surface area (Å²) in [6.07, 6.45) is 3.86. The Labute approximate surface area is 96.4 Å². The van der Waals surface area contributed by atoms with E-state index in [0.29, 0.717) is 12.0 Å². The fourth-order valence-corrected chi connectivity index (χ4v) is 3.40. The second-order valence-corrected chi connectivity index (χ2v) is 5.69. The molecule has 1 fully saturated rings. The van der Waals surface area contributed by atoms with E-state index in [1.54, 1.807) is 0 Å². The minimum Gasteiger partial charge on any atom is -0.202 e. The number of fused-ring (bicyclic) bond motifs is 1. The zero-order valence-electron chi connectivity index (χ0n) is 10.6. The van der Waals surface area contributed by atoms with Gasteiger partial charge in [-0.1, -0.05) is 12.5 Å². The van der Waals surface area contributed by atoms with Gasteiger partial charge in [-0.25, -0.2) is 8.78 Å². The van der Waals surface area contributed by atoms with Crippen LogP contribution in [0, 0.1) is 5.41 Å². The van der Waals surface area contributed by atoms with Gasteiger partial charge in [-0.3, -0.25) is 0 Å². The summed E-state index contributed by atoms with van der Waals surface area (Å²) in [6.45, 7) is 7.05. The summed E-state index contributed by atoms with van der Waals surface area (Å²) < 4.78 is 27.2. The van der Waals surface area contributed by atoms with Crippen molar-refractivity contribution in [1.29, 1.82) is 0 Å². The maximum atomic E-state index is 13.6. The van der Waals surface area contributed by atoms with Gasteiger partial charge in [0.1, 0.15) is 0 Å². The van der Waals surface area contributed by atoms with Gasteiger partial charge in [0.05, 0.1) is 0 Å². The number of alkyl halides is 2. The molecule has 16 heavy (non-hydrogen) atoms. The molecular weight excluding hydrogens is 206 g/mol. The van der Waals surface area contributed by atoms with E-state index in [1.165, 1.54) is 5.57 Å². The fraction of sp³-hybridized carbons (Fsp3) is 0.714. The molecular formula is C14H20F2. The second-order valence-electron chi connectivity index (χ2n) is 5.69. The Morgan fingerprint density at radius 2 is 1.81 bits per heavy atom. The van der Waals surface area contributed by atoms with Crippen molar-refractivity contribution in [3.8, 4) is 0 Å². The minimum absolute atomic E-state index is 0.0123. The molecule has 0 amide bonds. The Bertz CT molecular complexity index is 380. The Hall–Kier alpha value is -0.660. The maximum absolute atomic E-state index is 13.6. The average Bonchev–Trinajstić information content (AvgIpc) is 2.53.